The molecule has 30 heavy (non-hydrogen) atoms. The summed E-state index contributed by atoms with van der Waals surface area (Å²) in [5.74, 6) is -0.384. The molecule has 0 unspecified atom stereocenters. The molecule has 0 atom stereocenters. The van der Waals surface area contributed by atoms with Crippen LogP contribution in [0.15, 0.2) is 58.8 Å². The third kappa shape index (κ3) is 3.46. The van der Waals surface area contributed by atoms with E-state index >= 15 is 0 Å². The van der Waals surface area contributed by atoms with Crippen molar-refractivity contribution < 1.29 is 19.6 Å². The van der Waals surface area contributed by atoms with Crippen LogP contribution < -0.4 is 4.74 Å². The molecule has 150 valence electrons. The molecule has 0 bridgehead atoms. The Labute approximate surface area is 168 Å². The second-order valence-electron chi connectivity index (χ2n) is 6.21. The number of non-ortho nitro benzene ring substituents is 1. The fraction of sp³-hybridized carbons (Fsp3) is 0.0526. The van der Waals surface area contributed by atoms with Crippen molar-refractivity contribution in [2.45, 2.75) is 0 Å². The standard InChI is InChI=1S/C19H14N6O5/c1-30-12-5-2-10(3-6-12)15-9-16(22-21-15)18(26)24-23-17-13-8-11(25(28)29)4-7-14(13)20-19(17)27/h2-9,20,27H,1H3,(H,21,22). The summed E-state index contributed by atoms with van der Waals surface area (Å²) in [6.07, 6.45) is 0. The van der Waals surface area contributed by atoms with E-state index in [1.807, 2.05) is 0 Å². The van der Waals surface area contributed by atoms with Crippen molar-refractivity contribution in [3.63, 3.8) is 0 Å². The number of aromatic hydroxyl groups is 1. The number of aromatic nitrogens is 3. The lowest BCUT2D eigenvalue weighted by molar-refractivity contribution is -0.384. The molecular weight excluding hydrogens is 392 g/mol. The van der Waals surface area contributed by atoms with Gasteiger partial charge in [-0.2, -0.15) is 5.10 Å². The maximum absolute atomic E-state index is 12.4. The first kappa shape index (κ1) is 18.8. The number of amides is 1. The second kappa shape index (κ2) is 7.47. The van der Waals surface area contributed by atoms with Crippen LogP contribution in [0.5, 0.6) is 11.6 Å². The van der Waals surface area contributed by atoms with Gasteiger partial charge in [0.1, 0.15) is 11.4 Å². The maximum atomic E-state index is 12.4. The third-order valence-corrected chi connectivity index (χ3v) is 4.38. The molecule has 0 saturated heterocycles. The Morgan fingerprint density at radius 1 is 1.20 bits per heavy atom. The maximum Gasteiger partial charge on any atom is 0.313 e. The molecule has 0 aliphatic heterocycles. The number of nitro groups is 1. The number of hydrogen-bond donors (Lipinski definition) is 3. The fourth-order valence-electron chi connectivity index (χ4n) is 2.86. The van der Waals surface area contributed by atoms with Crippen molar-refractivity contribution in [2.75, 3.05) is 7.11 Å². The van der Waals surface area contributed by atoms with Crippen LogP contribution in [0.1, 0.15) is 10.5 Å². The average molecular weight is 406 g/mol. The van der Waals surface area contributed by atoms with Crippen molar-refractivity contribution in [2.24, 2.45) is 10.2 Å². The van der Waals surface area contributed by atoms with Crippen LogP contribution >= 0.6 is 0 Å². The molecule has 0 fully saturated rings. The number of hydrogen-bond acceptors (Lipinski definition) is 7. The largest absolute Gasteiger partial charge is 0.497 e. The van der Waals surface area contributed by atoms with Gasteiger partial charge in [0.25, 0.3) is 5.69 Å². The van der Waals surface area contributed by atoms with Crippen molar-refractivity contribution in [1.29, 1.82) is 0 Å². The lowest BCUT2D eigenvalue weighted by Crippen LogP contribution is -1.93. The summed E-state index contributed by atoms with van der Waals surface area (Å²) in [6.45, 7) is 0. The van der Waals surface area contributed by atoms with Crippen LogP contribution in [0.2, 0.25) is 0 Å². The van der Waals surface area contributed by atoms with Crippen LogP contribution in [0.25, 0.3) is 22.2 Å². The van der Waals surface area contributed by atoms with Crippen LogP contribution in [0, 0.1) is 10.1 Å². The third-order valence-electron chi connectivity index (χ3n) is 4.38. The van der Waals surface area contributed by atoms with Gasteiger partial charge in [-0.15, -0.1) is 10.2 Å². The first-order valence-corrected chi connectivity index (χ1v) is 8.61. The Morgan fingerprint density at radius 2 is 1.97 bits per heavy atom. The van der Waals surface area contributed by atoms with E-state index in [2.05, 4.69) is 25.4 Å². The predicted molar refractivity (Wildman–Crippen MR) is 106 cm³/mol. The molecule has 4 rings (SSSR count). The number of ether oxygens (including phenoxy) is 1. The Bertz CT molecular complexity index is 1290. The molecule has 0 aliphatic carbocycles. The molecule has 1 amide bonds. The summed E-state index contributed by atoms with van der Waals surface area (Å²) in [5.41, 5.74) is 1.56. The van der Waals surface area contributed by atoms with Gasteiger partial charge < -0.3 is 14.8 Å². The SMILES string of the molecule is COc1ccc(-c2cc(C(=O)N=Nc3c(O)[nH]c4ccc([N+](=O)[O-])cc34)[nH]n2)cc1. The number of carbonyl (C=O) groups is 1. The molecule has 11 heteroatoms. The molecule has 0 spiro atoms. The zero-order chi connectivity index (χ0) is 21.3. The number of nitrogens with zero attached hydrogens (tertiary/aromatic N) is 4. The summed E-state index contributed by atoms with van der Waals surface area (Å²) < 4.78 is 5.11. The summed E-state index contributed by atoms with van der Waals surface area (Å²) in [7, 11) is 1.56. The van der Waals surface area contributed by atoms with Gasteiger partial charge in [0.05, 0.1) is 23.2 Å². The Balaban J connectivity index is 1.60. The number of nitrogens with one attached hydrogen (secondary N) is 2. The summed E-state index contributed by atoms with van der Waals surface area (Å²) in [4.78, 5) is 25.4. The van der Waals surface area contributed by atoms with Gasteiger partial charge in [0.2, 0.25) is 5.88 Å². The minimum atomic E-state index is -0.721. The van der Waals surface area contributed by atoms with Crippen molar-refractivity contribution >= 4 is 28.2 Å². The van der Waals surface area contributed by atoms with Gasteiger partial charge in [-0.3, -0.25) is 20.0 Å². The molecular formula is C19H14N6O5. The number of carbonyl (C=O) groups excluding carboxylic acids is 1. The minimum Gasteiger partial charge on any atom is -0.497 e. The molecule has 2 aromatic heterocycles. The first-order valence-electron chi connectivity index (χ1n) is 8.61. The zero-order valence-corrected chi connectivity index (χ0v) is 15.5. The van der Waals surface area contributed by atoms with E-state index in [4.69, 9.17) is 4.74 Å². The second-order valence-corrected chi connectivity index (χ2v) is 6.21. The molecule has 2 aromatic carbocycles. The topological polar surface area (TPSA) is 159 Å². The van der Waals surface area contributed by atoms with Crippen molar-refractivity contribution in [1.82, 2.24) is 15.2 Å². The number of fused-ring (bicyclic) bond motifs is 1. The fourth-order valence-corrected chi connectivity index (χ4v) is 2.86. The van der Waals surface area contributed by atoms with Gasteiger partial charge >= 0.3 is 5.91 Å². The zero-order valence-electron chi connectivity index (χ0n) is 15.5. The minimum absolute atomic E-state index is 0.0723. The number of methoxy groups -OCH3 is 1. The van der Waals surface area contributed by atoms with E-state index in [1.54, 1.807) is 31.4 Å². The van der Waals surface area contributed by atoms with Crippen LogP contribution in [-0.4, -0.2) is 38.2 Å². The van der Waals surface area contributed by atoms with Crippen LogP contribution in [0.3, 0.4) is 0 Å². The van der Waals surface area contributed by atoms with Gasteiger partial charge in [-0.25, -0.2) is 0 Å². The van der Waals surface area contributed by atoms with Gasteiger partial charge in [-0.05, 0) is 36.4 Å². The number of aromatic amines is 2. The number of rotatable bonds is 5. The summed E-state index contributed by atoms with van der Waals surface area (Å²) in [5, 5.41) is 35.3. The molecule has 3 N–H and O–H groups in total. The summed E-state index contributed by atoms with van der Waals surface area (Å²) >= 11 is 0. The number of azo groups is 1. The summed E-state index contributed by atoms with van der Waals surface area (Å²) in [6, 6.07) is 12.6. The average Bonchev–Trinajstić information content (AvgIpc) is 3.36. The predicted octanol–water partition coefficient (Wildman–Crippen LogP) is 4.10. The highest BCUT2D eigenvalue weighted by molar-refractivity contribution is 5.97. The van der Waals surface area contributed by atoms with Crippen molar-refractivity contribution in [3.8, 4) is 22.9 Å². The van der Waals surface area contributed by atoms with Gasteiger partial charge in [-0.1, -0.05) is 0 Å². The first-order chi connectivity index (χ1) is 14.5. The number of nitro benzene ring substituents is 1. The lowest BCUT2D eigenvalue weighted by Gasteiger charge is -1.99. The Morgan fingerprint density at radius 3 is 2.67 bits per heavy atom. The molecule has 0 saturated carbocycles. The van der Waals surface area contributed by atoms with E-state index in [0.717, 1.165) is 5.56 Å². The highest BCUT2D eigenvalue weighted by atomic mass is 16.6. The smallest absolute Gasteiger partial charge is 0.313 e. The van der Waals surface area contributed by atoms with Crippen LogP contribution in [0.4, 0.5) is 11.4 Å². The highest BCUT2D eigenvalue weighted by Gasteiger charge is 2.16. The Hall–Kier alpha value is -4.54. The number of benzene rings is 2. The quantitative estimate of drug-likeness (QED) is 0.257. The molecule has 0 radical (unpaired) electrons. The van der Waals surface area contributed by atoms with E-state index < -0.39 is 10.8 Å². The normalized spacial score (nSPS) is 11.2. The van der Waals surface area contributed by atoms with Crippen LogP contribution in [-0.2, 0) is 0 Å². The lowest BCUT2D eigenvalue weighted by atomic mass is 10.1. The van der Waals surface area contributed by atoms with E-state index in [9.17, 15) is 20.0 Å². The van der Waals surface area contributed by atoms with E-state index in [-0.39, 0.29) is 28.3 Å². The van der Waals surface area contributed by atoms with Crippen molar-refractivity contribution in [3.05, 3.63) is 64.3 Å². The van der Waals surface area contributed by atoms with Gasteiger partial charge in [0.15, 0.2) is 5.69 Å². The molecule has 2 heterocycles. The molecule has 4 aromatic rings. The van der Waals surface area contributed by atoms with E-state index in [0.29, 0.717) is 17.0 Å². The Kier molecular flexibility index (Phi) is 4.68. The monoisotopic (exact) mass is 406 g/mol. The highest BCUT2D eigenvalue weighted by Crippen LogP contribution is 2.37. The number of H-pyrrole nitrogens is 2. The van der Waals surface area contributed by atoms with Gasteiger partial charge in [0, 0.05) is 23.1 Å². The molecule has 0 aliphatic rings. The molecule has 11 nitrogen and oxygen atoms in total. The van der Waals surface area contributed by atoms with E-state index in [1.165, 1.54) is 24.3 Å².